The molecule has 0 saturated carbocycles. The Morgan fingerprint density at radius 2 is 2.07 bits per heavy atom. The van der Waals surface area contributed by atoms with E-state index in [0.29, 0.717) is 27.6 Å². The molecule has 0 aliphatic carbocycles. The van der Waals surface area contributed by atoms with Crippen molar-refractivity contribution in [3.63, 3.8) is 0 Å². The molecule has 0 fully saturated rings. The van der Waals surface area contributed by atoms with Crippen molar-refractivity contribution >= 4 is 57.2 Å². The van der Waals surface area contributed by atoms with Gasteiger partial charge >= 0.3 is 0 Å². The van der Waals surface area contributed by atoms with Crippen molar-refractivity contribution in [2.75, 3.05) is 5.32 Å². The fourth-order valence-corrected chi connectivity index (χ4v) is 4.39. The summed E-state index contributed by atoms with van der Waals surface area (Å²) in [4.78, 5) is 14.1. The normalized spacial score (nSPS) is 10.8. The van der Waals surface area contributed by atoms with Crippen molar-refractivity contribution in [2.45, 2.75) is 17.6 Å². The van der Waals surface area contributed by atoms with Gasteiger partial charge in [0.2, 0.25) is 4.47 Å². The van der Waals surface area contributed by atoms with Crippen molar-refractivity contribution in [2.24, 2.45) is 0 Å². The maximum absolute atomic E-state index is 6.07. The first-order valence-corrected chi connectivity index (χ1v) is 11.2. The van der Waals surface area contributed by atoms with Crippen LogP contribution in [0.4, 0.5) is 10.9 Å². The molecule has 0 spiro atoms. The molecule has 0 amide bonds. The Labute approximate surface area is 179 Å². The number of hydrogen-bond acceptors (Lipinski definition) is 9. The summed E-state index contributed by atoms with van der Waals surface area (Å²) in [7, 11) is 0. The van der Waals surface area contributed by atoms with Crippen LogP contribution >= 0.6 is 46.2 Å². The smallest absolute Gasteiger partial charge is 0.203 e. The quantitative estimate of drug-likeness (QED) is 0.339. The second-order valence-corrected chi connectivity index (χ2v) is 8.84. The van der Waals surface area contributed by atoms with E-state index in [1.807, 2.05) is 48.7 Å². The number of halogens is 1. The van der Waals surface area contributed by atoms with Gasteiger partial charge in [-0.25, -0.2) is 15.0 Å². The van der Waals surface area contributed by atoms with Crippen molar-refractivity contribution in [3.05, 3.63) is 64.0 Å². The topological polar surface area (TPSA) is 72.8 Å². The van der Waals surface area contributed by atoms with E-state index in [1.165, 1.54) is 22.9 Å². The maximum Gasteiger partial charge on any atom is 0.203 e. The van der Waals surface area contributed by atoms with Crippen molar-refractivity contribution in [1.29, 1.82) is 0 Å². The van der Waals surface area contributed by atoms with Gasteiger partial charge in [-0.05, 0) is 48.3 Å². The zero-order valence-electron chi connectivity index (χ0n) is 14.6. The average molecular weight is 448 g/mol. The van der Waals surface area contributed by atoms with E-state index < -0.39 is 0 Å². The first kappa shape index (κ1) is 19.1. The minimum absolute atomic E-state index is 0.445. The lowest BCUT2D eigenvalue weighted by atomic mass is 10.3. The third-order valence-corrected chi connectivity index (χ3v) is 6.12. The summed E-state index contributed by atoms with van der Waals surface area (Å²) in [6.07, 6.45) is 1.79. The van der Waals surface area contributed by atoms with Crippen LogP contribution in [-0.2, 0) is 5.75 Å². The number of thiazole rings is 1. The largest absolute Gasteiger partial charge is 0.453 e. The van der Waals surface area contributed by atoms with E-state index in [-0.39, 0.29) is 0 Å². The summed E-state index contributed by atoms with van der Waals surface area (Å²) in [6.45, 7) is 1.95. The second kappa shape index (κ2) is 8.87. The molecule has 4 rings (SSSR count). The molecule has 0 saturated heterocycles. The molecule has 0 unspecified atom stereocenters. The molecule has 0 aliphatic rings. The first-order chi connectivity index (χ1) is 13.7. The standard InChI is InChI=1S/C18H14ClN5OS3/c1-11-9-27-18(21-11)23-16-14(25-12-5-3-2-4-6-12)7-13(8-20-16)26-10-15-22-17(19)28-24-15/h2-9H,10H2,1H3,(H,20,21,23). The summed E-state index contributed by atoms with van der Waals surface area (Å²) in [5.74, 6) is 3.27. The number of nitrogens with one attached hydrogen (secondary N) is 1. The highest BCUT2D eigenvalue weighted by Gasteiger charge is 2.12. The lowest BCUT2D eigenvalue weighted by Gasteiger charge is -2.12. The molecule has 10 heteroatoms. The van der Waals surface area contributed by atoms with Crippen LogP contribution in [-0.4, -0.2) is 19.3 Å². The highest BCUT2D eigenvalue weighted by atomic mass is 35.5. The molecule has 28 heavy (non-hydrogen) atoms. The first-order valence-electron chi connectivity index (χ1n) is 8.19. The van der Waals surface area contributed by atoms with Gasteiger partial charge in [-0.2, -0.15) is 4.37 Å². The number of aryl methyl sites for hydroxylation is 1. The second-order valence-electron chi connectivity index (χ2n) is 5.60. The lowest BCUT2D eigenvalue weighted by Crippen LogP contribution is -1.98. The van der Waals surface area contributed by atoms with Gasteiger partial charge in [0.15, 0.2) is 22.5 Å². The van der Waals surface area contributed by atoms with Gasteiger partial charge in [0.05, 0.1) is 11.4 Å². The number of pyridine rings is 1. The third-order valence-electron chi connectivity index (χ3n) is 3.45. The highest BCUT2D eigenvalue weighted by Crippen LogP contribution is 2.35. The zero-order valence-corrected chi connectivity index (χ0v) is 17.8. The van der Waals surface area contributed by atoms with E-state index >= 15 is 0 Å². The van der Waals surface area contributed by atoms with Gasteiger partial charge in [-0.3, -0.25) is 0 Å². The van der Waals surface area contributed by atoms with Crippen LogP contribution in [0.3, 0.4) is 0 Å². The summed E-state index contributed by atoms with van der Waals surface area (Å²) < 4.78 is 10.7. The molecule has 0 atom stereocenters. The molecular weight excluding hydrogens is 434 g/mol. The maximum atomic E-state index is 6.07. The van der Waals surface area contributed by atoms with Crippen LogP contribution in [0.2, 0.25) is 4.47 Å². The number of aromatic nitrogens is 4. The van der Waals surface area contributed by atoms with Gasteiger partial charge in [-0.1, -0.05) is 18.2 Å². The lowest BCUT2D eigenvalue weighted by molar-refractivity contribution is 0.481. The van der Waals surface area contributed by atoms with Gasteiger partial charge in [0, 0.05) is 16.5 Å². The fraction of sp³-hybridized carbons (Fsp3) is 0.111. The van der Waals surface area contributed by atoms with Crippen LogP contribution in [0.25, 0.3) is 0 Å². The molecule has 0 aliphatic heterocycles. The van der Waals surface area contributed by atoms with Crippen molar-refractivity contribution in [1.82, 2.24) is 19.3 Å². The van der Waals surface area contributed by atoms with Gasteiger partial charge in [-0.15, -0.1) is 23.1 Å². The van der Waals surface area contributed by atoms with Crippen molar-refractivity contribution < 1.29 is 4.74 Å². The summed E-state index contributed by atoms with van der Waals surface area (Å²) in [5.41, 5.74) is 0.958. The number of rotatable bonds is 7. The Hall–Kier alpha value is -2.20. The SMILES string of the molecule is Cc1csc(Nc2ncc(SCc3nsc(Cl)n3)cc2Oc2ccccc2)n1. The molecular formula is C18H14ClN5OS3. The molecule has 3 aromatic heterocycles. The Morgan fingerprint density at radius 1 is 1.21 bits per heavy atom. The van der Waals surface area contributed by atoms with Crippen LogP contribution in [0.5, 0.6) is 11.5 Å². The number of para-hydroxylation sites is 1. The monoisotopic (exact) mass is 447 g/mol. The summed E-state index contributed by atoms with van der Waals surface area (Å²) in [5, 5.41) is 5.99. The van der Waals surface area contributed by atoms with E-state index in [0.717, 1.165) is 21.5 Å². The number of ether oxygens (including phenoxy) is 1. The Balaban J connectivity index is 1.57. The molecule has 6 nitrogen and oxygen atoms in total. The van der Waals surface area contributed by atoms with Crippen molar-refractivity contribution in [3.8, 4) is 11.5 Å². The van der Waals surface area contributed by atoms with Crippen LogP contribution in [0.1, 0.15) is 11.5 Å². The van der Waals surface area contributed by atoms with E-state index in [1.54, 1.807) is 18.0 Å². The average Bonchev–Trinajstić information content (AvgIpc) is 3.30. The molecule has 3 heterocycles. The summed E-state index contributed by atoms with van der Waals surface area (Å²) in [6, 6.07) is 11.5. The molecule has 1 aromatic carbocycles. The van der Waals surface area contributed by atoms with E-state index in [9.17, 15) is 0 Å². The Bertz CT molecular complexity index is 1070. The van der Waals surface area contributed by atoms with Crippen LogP contribution < -0.4 is 10.1 Å². The zero-order chi connectivity index (χ0) is 19.3. The molecule has 0 bridgehead atoms. The number of thioether (sulfide) groups is 1. The van der Waals surface area contributed by atoms with Gasteiger partial charge in [0.25, 0.3) is 0 Å². The minimum Gasteiger partial charge on any atom is -0.453 e. The third kappa shape index (κ3) is 4.99. The Morgan fingerprint density at radius 3 is 2.79 bits per heavy atom. The predicted octanol–water partition coefficient (Wildman–Crippen LogP) is 6.18. The number of anilines is 2. The number of hydrogen-bond donors (Lipinski definition) is 1. The molecule has 4 aromatic rings. The Kier molecular flexibility index (Phi) is 6.06. The minimum atomic E-state index is 0.445. The molecule has 0 radical (unpaired) electrons. The molecule has 142 valence electrons. The van der Waals surface area contributed by atoms with Gasteiger partial charge in [0.1, 0.15) is 5.75 Å². The predicted molar refractivity (Wildman–Crippen MR) is 115 cm³/mol. The number of benzene rings is 1. The highest BCUT2D eigenvalue weighted by molar-refractivity contribution is 7.98. The van der Waals surface area contributed by atoms with Crippen LogP contribution in [0, 0.1) is 6.92 Å². The fourth-order valence-electron chi connectivity index (χ4n) is 2.24. The van der Waals surface area contributed by atoms with E-state index in [2.05, 4.69) is 24.6 Å². The number of nitrogens with zero attached hydrogens (tertiary/aromatic N) is 4. The summed E-state index contributed by atoms with van der Waals surface area (Å²) >= 11 is 10.1. The van der Waals surface area contributed by atoms with Gasteiger partial charge < -0.3 is 10.1 Å². The van der Waals surface area contributed by atoms with Crippen LogP contribution in [0.15, 0.2) is 52.9 Å². The molecule has 1 N–H and O–H groups in total. The van der Waals surface area contributed by atoms with E-state index in [4.69, 9.17) is 16.3 Å².